The molecule has 6 nitrogen and oxygen atoms in total. The molecule has 0 aromatic carbocycles. The number of rotatable bonds is 4. The molecule has 23 heavy (non-hydrogen) atoms. The van der Waals surface area contributed by atoms with Crippen LogP contribution < -0.4 is 0 Å². The third-order valence-electron chi connectivity index (χ3n) is 5.09. The Morgan fingerprint density at radius 1 is 1.43 bits per heavy atom. The van der Waals surface area contributed by atoms with Gasteiger partial charge in [0.1, 0.15) is 0 Å². The molecule has 7 heteroatoms. The molecule has 2 heterocycles. The van der Waals surface area contributed by atoms with E-state index < -0.39 is 6.10 Å². The van der Waals surface area contributed by atoms with E-state index in [1.165, 1.54) is 12.4 Å². The Balaban J connectivity index is 1.63. The smallest absolute Gasteiger partial charge is 0.255 e. The number of ether oxygens (including phenoxy) is 1. The number of piperidine rings is 1. The van der Waals surface area contributed by atoms with Gasteiger partial charge in [0.15, 0.2) is 0 Å². The van der Waals surface area contributed by atoms with E-state index >= 15 is 0 Å². The van der Waals surface area contributed by atoms with Gasteiger partial charge in [0.2, 0.25) is 0 Å². The first-order valence-corrected chi connectivity index (χ1v) is 8.25. The fourth-order valence-electron chi connectivity index (χ4n) is 3.65. The monoisotopic (exact) mass is 340 g/mol. The number of carbonyl (C=O) groups is 1. The first-order chi connectivity index (χ1) is 11.1. The number of nitrogens with zero attached hydrogens (tertiary/aromatic N) is 2. The maximum Gasteiger partial charge on any atom is 0.255 e. The van der Waals surface area contributed by atoms with Crippen LogP contribution in [-0.2, 0) is 4.74 Å². The average Bonchev–Trinajstić information content (AvgIpc) is 2.58. The molecule has 2 aliphatic rings. The summed E-state index contributed by atoms with van der Waals surface area (Å²) < 4.78 is 5.65. The van der Waals surface area contributed by atoms with Gasteiger partial charge >= 0.3 is 0 Å². The van der Waals surface area contributed by atoms with E-state index in [4.69, 9.17) is 21.4 Å². The van der Waals surface area contributed by atoms with Gasteiger partial charge in [0.25, 0.3) is 5.91 Å². The number of aliphatic hydroxyl groups excluding tert-OH is 2. The van der Waals surface area contributed by atoms with Crippen LogP contribution in [0.2, 0.25) is 5.02 Å². The zero-order valence-electron chi connectivity index (χ0n) is 12.8. The average molecular weight is 341 g/mol. The van der Waals surface area contributed by atoms with Crippen LogP contribution in [0.15, 0.2) is 18.5 Å². The van der Waals surface area contributed by atoms with Gasteiger partial charge in [-0.05, 0) is 18.9 Å². The minimum Gasteiger partial charge on any atom is -0.394 e. The molecule has 1 aromatic heterocycles. The van der Waals surface area contributed by atoms with Gasteiger partial charge in [-0.1, -0.05) is 11.6 Å². The molecule has 1 spiro atoms. The SMILES string of the molecule is O=C(c1cncc(Cl)c1)N1CCC2(CC1)[C@H](O)C[C@@H]2OCCO. The third kappa shape index (κ3) is 3.08. The Morgan fingerprint density at radius 3 is 2.78 bits per heavy atom. The largest absolute Gasteiger partial charge is 0.394 e. The highest BCUT2D eigenvalue weighted by Gasteiger charge is 2.56. The Labute approximate surface area is 140 Å². The second-order valence-electron chi connectivity index (χ2n) is 6.25. The van der Waals surface area contributed by atoms with Crippen LogP contribution in [-0.4, -0.2) is 64.5 Å². The molecule has 0 bridgehead atoms. The number of carbonyl (C=O) groups excluding carboxylic acids is 1. The molecule has 2 atom stereocenters. The molecule has 1 saturated carbocycles. The molecule has 126 valence electrons. The van der Waals surface area contributed by atoms with Gasteiger partial charge in [-0.15, -0.1) is 0 Å². The van der Waals surface area contributed by atoms with Crippen molar-refractivity contribution in [3.8, 4) is 0 Å². The lowest BCUT2D eigenvalue weighted by molar-refractivity contribution is -0.211. The van der Waals surface area contributed by atoms with E-state index in [1.807, 2.05) is 0 Å². The van der Waals surface area contributed by atoms with Gasteiger partial charge in [-0.2, -0.15) is 0 Å². The number of hydrogen-bond donors (Lipinski definition) is 2. The molecule has 1 aliphatic heterocycles. The Kier molecular flexibility index (Phi) is 4.87. The number of aliphatic hydroxyl groups is 2. The predicted octanol–water partition coefficient (Wildman–Crippen LogP) is 1.10. The standard InChI is InChI=1S/C16H21ClN2O4/c17-12-7-11(9-18-10-12)15(22)19-3-1-16(2-4-19)13(21)8-14(16)23-6-5-20/h7,9-10,13-14,20-21H,1-6,8H2/t13-,14+/m1/s1. The van der Waals surface area contributed by atoms with Crippen molar-refractivity contribution >= 4 is 17.5 Å². The number of halogens is 1. The predicted molar refractivity (Wildman–Crippen MR) is 84.3 cm³/mol. The number of likely N-dealkylation sites (tertiary alicyclic amines) is 1. The Morgan fingerprint density at radius 2 is 2.17 bits per heavy atom. The van der Waals surface area contributed by atoms with E-state index in [-0.39, 0.29) is 30.6 Å². The van der Waals surface area contributed by atoms with Crippen molar-refractivity contribution in [2.75, 3.05) is 26.3 Å². The molecule has 0 radical (unpaired) electrons. The van der Waals surface area contributed by atoms with Crippen LogP contribution in [0.3, 0.4) is 0 Å². The van der Waals surface area contributed by atoms with Gasteiger partial charge < -0.3 is 19.8 Å². The zero-order chi connectivity index (χ0) is 16.4. The van der Waals surface area contributed by atoms with Crippen LogP contribution in [0, 0.1) is 5.41 Å². The van der Waals surface area contributed by atoms with Crippen molar-refractivity contribution in [2.45, 2.75) is 31.5 Å². The first-order valence-electron chi connectivity index (χ1n) is 7.87. The van der Waals surface area contributed by atoms with Gasteiger partial charge in [0.05, 0.1) is 36.0 Å². The number of aromatic nitrogens is 1. The van der Waals surface area contributed by atoms with Crippen LogP contribution in [0.5, 0.6) is 0 Å². The molecule has 1 aliphatic carbocycles. The molecule has 2 fully saturated rings. The third-order valence-corrected chi connectivity index (χ3v) is 5.29. The Bertz CT molecular complexity index is 575. The summed E-state index contributed by atoms with van der Waals surface area (Å²) in [6.45, 7) is 1.41. The number of amides is 1. The van der Waals surface area contributed by atoms with Crippen molar-refractivity contribution in [3.05, 3.63) is 29.0 Å². The molecule has 2 N–H and O–H groups in total. The zero-order valence-corrected chi connectivity index (χ0v) is 13.6. The lowest BCUT2D eigenvalue weighted by Gasteiger charge is -2.56. The quantitative estimate of drug-likeness (QED) is 0.857. The highest BCUT2D eigenvalue weighted by molar-refractivity contribution is 6.30. The lowest BCUT2D eigenvalue weighted by Crippen LogP contribution is -2.62. The van der Waals surface area contributed by atoms with Crippen LogP contribution >= 0.6 is 11.6 Å². The normalized spacial score (nSPS) is 26.1. The van der Waals surface area contributed by atoms with Crippen molar-refractivity contribution in [1.82, 2.24) is 9.88 Å². The summed E-state index contributed by atoms with van der Waals surface area (Å²) >= 11 is 5.89. The summed E-state index contributed by atoms with van der Waals surface area (Å²) in [5.41, 5.74) is 0.203. The molecule has 1 aromatic rings. The van der Waals surface area contributed by atoms with Crippen molar-refractivity contribution in [2.24, 2.45) is 5.41 Å². The molecule has 1 saturated heterocycles. The van der Waals surface area contributed by atoms with Gasteiger partial charge in [0, 0.05) is 37.3 Å². The number of pyridine rings is 1. The summed E-state index contributed by atoms with van der Waals surface area (Å²) in [5, 5.41) is 19.5. The topological polar surface area (TPSA) is 82.9 Å². The first kappa shape index (κ1) is 16.6. The lowest BCUT2D eigenvalue weighted by atomic mass is 9.58. The Hall–Kier alpha value is -1.21. The molecular weight excluding hydrogens is 320 g/mol. The van der Waals surface area contributed by atoms with Crippen LogP contribution in [0.1, 0.15) is 29.6 Å². The van der Waals surface area contributed by atoms with E-state index in [0.717, 1.165) is 0 Å². The van der Waals surface area contributed by atoms with Crippen molar-refractivity contribution < 1.29 is 19.7 Å². The van der Waals surface area contributed by atoms with Gasteiger partial charge in [-0.25, -0.2) is 0 Å². The van der Waals surface area contributed by atoms with E-state index in [0.29, 0.717) is 42.9 Å². The molecular formula is C16H21ClN2O4. The van der Waals surface area contributed by atoms with Crippen LogP contribution in [0.25, 0.3) is 0 Å². The fraction of sp³-hybridized carbons (Fsp3) is 0.625. The molecule has 0 unspecified atom stereocenters. The summed E-state index contributed by atoms with van der Waals surface area (Å²) in [6, 6.07) is 1.62. The van der Waals surface area contributed by atoms with Crippen molar-refractivity contribution in [1.29, 1.82) is 0 Å². The van der Waals surface area contributed by atoms with E-state index in [9.17, 15) is 9.90 Å². The number of hydrogen-bond acceptors (Lipinski definition) is 5. The van der Waals surface area contributed by atoms with Crippen molar-refractivity contribution in [3.63, 3.8) is 0 Å². The van der Waals surface area contributed by atoms with Crippen LogP contribution in [0.4, 0.5) is 0 Å². The van der Waals surface area contributed by atoms with E-state index in [2.05, 4.69) is 4.98 Å². The summed E-state index contributed by atoms with van der Waals surface area (Å²) in [4.78, 5) is 18.2. The van der Waals surface area contributed by atoms with E-state index in [1.54, 1.807) is 11.0 Å². The minimum absolute atomic E-state index is 0.0188. The second-order valence-corrected chi connectivity index (χ2v) is 6.69. The summed E-state index contributed by atoms with van der Waals surface area (Å²) in [7, 11) is 0. The highest BCUT2D eigenvalue weighted by atomic mass is 35.5. The molecule has 3 rings (SSSR count). The molecule has 1 amide bonds. The summed E-state index contributed by atoms with van der Waals surface area (Å²) in [6.07, 6.45) is 4.59. The summed E-state index contributed by atoms with van der Waals surface area (Å²) in [5.74, 6) is -0.0866. The maximum absolute atomic E-state index is 12.5. The highest BCUT2D eigenvalue weighted by Crippen LogP contribution is 2.51. The minimum atomic E-state index is -0.392. The second kappa shape index (κ2) is 6.73. The van der Waals surface area contributed by atoms with Gasteiger partial charge in [-0.3, -0.25) is 9.78 Å². The maximum atomic E-state index is 12.5. The fourth-order valence-corrected chi connectivity index (χ4v) is 3.82.